The van der Waals surface area contributed by atoms with Crippen LogP contribution < -0.4 is 0 Å². The van der Waals surface area contributed by atoms with Crippen LogP contribution in [0.4, 0.5) is 0 Å². The molecule has 1 amide bonds. The first kappa shape index (κ1) is 19.4. The van der Waals surface area contributed by atoms with Crippen LogP contribution in [0.1, 0.15) is 30.1 Å². The zero-order chi connectivity index (χ0) is 18.6. The second kappa shape index (κ2) is 7.97. The third kappa shape index (κ3) is 5.02. The van der Waals surface area contributed by atoms with E-state index in [1.165, 1.54) is 31.4 Å². The van der Waals surface area contributed by atoms with Crippen molar-refractivity contribution in [2.45, 2.75) is 30.7 Å². The number of aliphatic carboxylic acids is 1. The van der Waals surface area contributed by atoms with Crippen LogP contribution >= 0.6 is 0 Å². The number of carbonyl (C=O) groups is 2. The molecule has 1 aromatic carbocycles. The first-order valence-corrected chi connectivity index (χ1v) is 9.77. The molecule has 1 unspecified atom stereocenters. The van der Waals surface area contributed by atoms with Crippen LogP contribution in [-0.4, -0.2) is 62.4 Å². The van der Waals surface area contributed by atoms with Crippen molar-refractivity contribution >= 4 is 21.7 Å². The van der Waals surface area contributed by atoms with Gasteiger partial charge in [0, 0.05) is 25.3 Å². The number of carboxylic acid groups (broad SMARTS) is 1. The summed E-state index contributed by atoms with van der Waals surface area (Å²) in [4.78, 5) is 25.5. The summed E-state index contributed by atoms with van der Waals surface area (Å²) in [6, 6.07) is 5.83. The highest BCUT2D eigenvalue weighted by molar-refractivity contribution is 7.91. The Labute approximate surface area is 147 Å². The maximum Gasteiger partial charge on any atom is 0.308 e. The number of hydrogen-bond acceptors (Lipinski definition) is 5. The van der Waals surface area contributed by atoms with Gasteiger partial charge in [-0.25, -0.2) is 8.42 Å². The number of carboxylic acids is 1. The Morgan fingerprint density at radius 1 is 1.28 bits per heavy atom. The van der Waals surface area contributed by atoms with E-state index in [1.54, 1.807) is 11.8 Å². The number of sulfone groups is 1. The van der Waals surface area contributed by atoms with E-state index in [-0.39, 0.29) is 35.7 Å². The van der Waals surface area contributed by atoms with Crippen LogP contribution in [-0.2, 0) is 19.4 Å². The molecule has 0 saturated heterocycles. The van der Waals surface area contributed by atoms with E-state index in [1.807, 2.05) is 0 Å². The summed E-state index contributed by atoms with van der Waals surface area (Å²) in [6.07, 6.45) is 1.73. The molecule has 2 rings (SSSR count). The maximum absolute atomic E-state index is 12.7. The van der Waals surface area contributed by atoms with Crippen molar-refractivity contribution in [2.75, 3.05) is 26.0 Å². The normalized spacial score (nSPS) is 15.6. The number of carbonyl (C=O) groups excluding carboxylic acids is 1. The number of rotatable bonds is 9. The minimum absolute atomic E-state index is 0.0689. The van der Waals surface area contributed by atoms with Crippen molar-refractivity contribution in [1.82, 2.24) is 4.90 Å². The second-order valence-corrected chi connectivity index (χ2v) is 8.37. The van der Waals surface area contributed by atoms with Crippen LogP contribution in [0, 0.1) is 5.92 Å². The van der Waals surface area contributed by atoms with Gasteiger partial charge in [0.25, 0.3) is 5.91 Å². The van der Waals surface area contributed by atoms with Crippen LogP contribution in [0.25, 0.3) is 0 Å². The van der Waals surface area contributed by atoms with E-state index < -0.39 is 21.7 Å². The molecule has 25 heavy (non-hydrogen) atoms. The molecule has 7 nitrogen and oxygen atoms in total. The molecule has 1 aliphatic carbocycles. The highest BCUT2D eigenvalue weighted by Crippen LogP contribution is 2.29. The van der Waals surface area contributed by atoms with E-state index >= 15 is 0 Å². The number of nitrogens with zero attached hydrogens (tertiary/aromatic N) is 1. The Balaban J connectivity index is 2.14. The fourth-order valence-corrected chi connectivity index (χ4v) is 3.61. The van der Waals surface area contributed by atoms with Crippen LogP contribution in [0.2, 0.25) is 0 Å². The highest BCUT2D eigenvalue weighted by Gasteiger charge is 2.35. The molecule has 0 bridgehead atoms. The monoisotopic (exact) mass is 369 g/mol. The predicted molar refractivity (Wildman–Crippen MR) is 91.2 cm³/mol. The molecular weight excluding hydrogens is 346 g/mol. The van der Waals surface area contributed by atoms with E-state index in [9.17, 15) is 18.0 Å². The average molecular weight is 369 g/mol. The Hall–Kier alpha value is -1.93. The third-order valence-electron chi connectivity index (χ3n) is 4.16. The van der Waals surface area contributed by atoms with E-state index in [4.69, 9.17) is 9.84 Å². The number of ether oxygens (including phenoxy) is 1. The van der Waals surface area contributed by atoms with Crippen LogP contribution in [0.3, 0.4) is 0 Å². The molecule has 1 aliphatic rings. The summed E-state index contributed by atoms with van der Waals surface area (Å²) in [5, 5.41) is 9.07. The Morgan fingerprint density at radius 3 is 2.36 bits per heavy atom. The number of methoxy groups -OCH3 is 1. The van der Waals surface area contributed by atoms with Gasteiger partial charge in [-0.3, -0.25) is 9.59 Å². The number of hydrogen-bond donors (Lipinski definition) is 1. The lowest BCUT2D eigenvalue weighted by molar-refractivity contribution is -0.141. The molecule has 0 radical (unpaired) electrons. The van der Waals surface area contributed by atoms with Crippen molar-refractivity contribution in [1.29, 1.82) is 0 Å². The molecular formula is C17H23NO6S. The minimum atomic E-state index is -3.45. The fraction of sp³-hybridized carbons (Fsp3) is 0.529. The van der Waals surface area contributed by atoms with Crippen LogP contribution in [0.5, 0.6) is 0 Å². The summed E-state index contributed by atoms with van der Waals surface area (Å²) >= 11 is 0. The Morgan fingerprint density at radius 2 is 1.88 bits per heavy atom. The van der Waals surface area contributed by atoms with E-state index in [2.05, 4.69) is 0 Å². The van der Waals surface area contributed by atoms with Crippen molar-refractivity contribution in [3.8, 4) is 0 Å². The highest BCUT2D eigenvalue weighted by atomic mass is 32.2. The quantitative estimate of drug-likeness (QED) is 0.707. The Kier molecular flexibility index (Phi) is 6.18. The molecule has 8 heteroatoms. The molecule has 1 saturated carbocycles. The number of amides is 1. The van der Waals surface area contributed by atoms with Gasteiger partial charge in [0.2, 0.25) is 0 Å². The van der Waals surface area contributed by atoms with Gasteiger partial charge in [0.15, 0.2) is 9.84 Å². The molecule has 1 N–H and O–H groups in total. The van der Waals surface area contributed by atoms with Gasteiger partial charge in [-0.1, -0.05) is 6.92 Å². The molecule has 1 aromatic rings. The molecule has 1 atom stereocenters. The molecule has 1 fully saturated rings. The maximum atomic E-state index is 12.7. The second-order valence-electron chi connectivity index (χ2n) is 6.26. The fourth-order valence-electron chi connectivity index (χ4n) is 2.44. The van der Waals surface area contributed by atoms with Crippen molar-refractivity contribution in [3.63, 3.8) is 0 Å². The van der Waals surface area contributed by atoms with E-state index in [0.29, 0.717) is 5.56 Å². The van der Waals surface area contributed by atoms with Gasteiger partial charge in [0.1, 0.15) is 0 Å². The first-order chi connectivity index (χ1) is 11.8. The molecule has 0 aromatic heterocycles. The van der Waals surface area contributed by atoms with Gasteiger partial charge >= 0.3 is 5.97 Å². The lowest BCUT2D eigenvalue weighted by Crippen LogP contribution is -2.38. The SMILES string of the molecule is COCCS(=O)(=O)c1ccc(C(=O)N(CC(C)C(=O)O)C2CC2)cc1. The summed E-state index contributed by atoms with van der Waals surface area (Å²) in [5.41, 5.74) is 0.357. The largest absolute Gasteiger partial charge is 0.481 e. The smallest absolute Gasteiger partial charge is 0.308 e. The third-order valence-corrected chi connectivity index (χ3v) is 5.85. The summed E-state index contributed by atoms with van der Waals surface area (Å²) in [6.45, 7) is 1.81. The average Bonchev–Trinajstić information content (AvgIpc) is 3.42. The molecule has 138 valence electrons. The molecule has 0 spiro atoms. The van der Waals surface area contributed by atoms with Crippen molar-refractivity contribution < 1.29 is 27.9 Å². The van der Waals surface area contributed by atoms with Gasteiger partial charge in [-0.15, -0.1) is 0 Å². The zero-order valence-electron chi connectivity index (χ0n) is 14.3. The summed E-state index contributed by atoms with van der Waals surface area (Å²) < 4.78 is 29.0. The van der Waals surface area contributed by atoms with Gasteiger partial charge < -0.3 is 14.7 Å². The van der Waals surface area contributed by atoms with E-state index in [0.717, 1.165) is 12.8 Å². The predicted octanol–water partition coefficient (Wildman–Crippen LogP) is 1.43. The van der Waals surface area contributed by atoms with Crippen LogP contribution in [0.15, 0.2) is 29.2 Å². The molecule has 0 aliphatic heterocycles. The first-order valence-electron chi connectivity index (χ1n) is 8.12. The van der Waals surface area contributed by atoms with Gasteiger partial charge in [-0.05, 0) is 37.1 Å². The van der Waals surface area contributed by atoms with Gasteiger partial charge in [-0.2, -0.15) is 0 Å². The van der Waals surface area contributed by atoms with Gasteiger partial charge in [0.05, 0.1) is 23.2 Å². The zero-order valence-corrected chi connectivity index (χ0v) is 15.2. The standard InChI is InChI=1S/C17H23NO6S/c1-12(17(20)21)11-18(14-5-6-14)16(19)13-3-7-15(8-4-13)25(22,23)10-9-24-2/h3-4,7-8,12,14H,5-6,9-11H2,1-2H3,(H,20,21). The lowest BCUT2D eigenvalue weighted by atomic mass is 10.1. The van der Waals surface area contributed by atoms with Crippen molar-refractivity contribution in [2.24, 2.45) is 5.92 Å². The lowest BCUT2D eigenvalue weighted by Gasteiger charge is -2.24. The molecule has 0 heterocycles. The van der Waals surface area contributed by atoms with Crippen molar-refractivity contribution in [3.05, 3.63) is 29.8 Å². The Bertz CT molecular complexity index is 724. The topological polar surface area (TPSA) is 101 Å². The minimum Gasteiger partial charge on any atom is -0.481 e. The summed E-state index contributed by atoms with van der Waals surface area (Å²) in [5.74, 6) is -1.99. The number of benzene rings is 1. The summed E-state index contributed by atoms with van der Waals surface area (Å²) in [7, 11) is -2.01.